The minimum Gasteiger partial charge on any atom is -0.333 e. The Hall–Kier alpha value is -3.00. The molecule has 25 heavy (non-hydrogen) atoms. The first-order valence-electron chi connectivity index (χ1n) is 8.23. The Morgan fingerprint density at radius 2 is 2.08 bits per heavy atom. The third-order valence-corrected chi connectivity index (χ3v) is 4.26. The van der Waals surface area contributed by atoms with Gasteiger partial charge in [-0.2, -0.15) is 0 Å². The van der Waals surface area contributed by atoms with E-state index in [1.165, 1.54) is 0 Å². The molecule has 2 N–H and O–H groups in total. The molecular formula is C17H19N7O. The predicted octanol–water partition coefficient (Wildman–Crippen LogP) is 1.08. The summed E-state index contributed by atoms with van der Waals surface area (Å²) in [6, 6.07) is 7.53. The van der Waals surface area contributed by atoms with Gasteiger partial charge in [0, 0.05) is 50.6 Å². The first kappa shape index (κ1) is 15.5. The zero-order valence-electron chi connectivity index (χ0n) is 13.9. The van der Waals surface area contributed by atoms with Gasteiger partial charge in [0.05, 0.1) is 0 Å². The summed E-state index contributed by atoms with van der Waals surface area (Å²) in [5.74, 6) is 1.54. The van der Waals surface area contributed by atoms with Gasteiger partial charge in [0.1, 0.15) is 17.8 Å². The average Bonchev–Trinajstić information content (AvgIpc) is 3.16. The van der Waals surface area contributed by atoms with Crippen molar-refractivity contribution in [1.82, 2.24) is 29.6 Å². The van der Waals surface area contributed by atoms with E-state index < -0.39 is 0 Å². The summed E-state index contributed by atoms with van der Waals surface area (Å²) in [7, 11) is 1.89. The van der Waals surface area contributed by atoms with Crippen LogP contribution in [0.5, 0.6) is 0 Å². The van der Waals surface area contributed by atoms with Crippen LogP contribution in [0.3, 0.4) is 0 Å². The van der Waals surface area contributed by atoms with Gasteiger partial charge >= 0.3 is 0 Å². The summed E-state index contributed by atoms with van der Waals surface area (Å²) < 4.78 is 3.90. The monoisotopic (exact) mass is 337 g/mol. The van der Waals surface area contributed by atoms with E-state index in [-0.39, 0.29) is 5.91 Å². The molecule has 3 aromatic rings. The van der Waals surface area contributed by atoms with E-state index in [0.29, 0.717) is 5.69 Å². The van der Waals surface area contributed by atoms with Crippen LogP contribution < -0.4 is 10.6 Å². The molecule has 1 aromatic carbocycles. The average molecular weight is 337 g/mol. The molecule has 0 unspecified atom stereocenters. The van der Waals surface area contributed by atoms with Crippen molar-refractivity contribution < 1.29 is 4.79 Å². The Morgan fingerprint density at radius 1 is 1.24 bits per heavy atom. The van der Waals surface area contributed by atoms with Crippen LogP contribution in [0.2, 0.25) is 0 Å². The summed E-state index contributed by atoms with van der Waals surface area (Å²) >= 11 is 0. The van der Waals surface area contributed by atoms with Crippen LogP contribution in [0.15, 0.2) is 36.8 Å². The largest absolute Gasteiger partial charge is 0.333 e. The lowest BCUT2D eigenvalue weighted by Gasteiger charge is -2.05. The number of anilines is 1. The maximum absolute atomic E-state index is 12.5. The van der Waals surface area contributed by atoms with Gasteiger partial charge in [0.2, 0.25) is 0 Å². The fourth-order valence-corrected chi connectivity index (χ4v) is 2.92. The summed E-state index contributed by atoms with van der Waals surface area (Å²) in [4.78, 5) is 16.9. The van der Waals surface area contributed by atoms with Crippen molar-refractivity contribution in [2.45, 2.75) is 13.0 Å². The maximum Gasteiger partial charge on any atom is 0.275 e. The second-order valence-electron chi connectivity index (χ2n) is 6.03. The second kappa shape index (κ2) is 6.48. The quantitative estimate of drug-likeness (QED) is 0.746. The Balaban J connectivity index is 1.48. The van der Waals surface area contributed by atoms with E-state index in [9.17, 15) is 4.79 Å². The number of benzene rings is 1. The minimum atomic E-state index is -0.194. The van der Waals surface area contributed by atoms with E-state index in [1.807, 2.05) is 46.6 Å². The fourth-order valence-electron chi connectivity index (χ4n) is 2.92. The van der Waals surface area contributed by atoms with E-state index in [0.717, 1.165) is 49.0 Å². The van der Waals surface area contributed by atoms with Crippen molar-refractivity contribution in [3.63, 3.8) is 0 Å². The van der Waals surface area contributed by atoms with E-state index in [2.05, 4.69) is 25.8 Å². The van der Waals surface area contributed by atoms with Gasteiger partial charge in [-0.25, -0.2) is 4.98 Å². The van der Waals surface area contributed by atoms with Crippen LogP contribution in [0.4, 0.5) is 5.69 Å². The number of nitrogens with one attached hydrogen (secondary N) is 2. The SMILES string of the molecule is Cn1cnnc1-c1ccc(NC(=O)c2cn3c(n2)CCNCC3)cc1. The molecular weight excluding hydrogens is 318 g/mol. The highest BCUT2D eigenvalue weighted by molar-refractivity contribution is 6.02. The summed E-state index contributed by atoms with van der Waals surface area (Å²) in [5, 5.41) is 14.2. The minimum absolute atomic E-state index is 0.194. The number of carbonyl (C=O) groups is 1. The van der Waals surface area contributed by atoms with Crippen molar-refractivity contribution in [1.29, 1.82) is 0 Å². The van der Waals surface area contributed by atoms with Crippen LogP contribution in [0, 0.1) is 0 Å². The van der Waals surface area contributed by atoms with E-state index in [4.69, 9.17) is 0 Å². The molecule has 0 saturated carbocycles. The fraction of sp³-hybridized carbons (Fsp3) is 0.294. The topological polar surface area (TPSA) is 89.7 Å². The Bertz CT molecular complexity index is 871. The Labute approximate surface area is 144 Å². The summed E-state index contributed by atoms with van der Waals surface area (Å²) in [6.45, 7) is 2.62. The van der Waals surface area contributed by atoms with Crippen LogP contribution in [0.25, 0.3) is 11.4 Å². The molecule has 1 aliphatic rings. The van der Waals surface area contributed by atoms with Gasteiger partial charge in [-0.05, 0) is 24.3 Å². The molecule has 0 saturated heterocycles. The molecule has 8 heteroatoms. The highest BCUT2D eigenvalue weighted by Gasteiger charge is 2.16. The molecule has 128 valence electrons. The number of fused-ring (bicyclic) bond motifs is 1. The lowest BCUT2D eigenvalue weighted by Crippen LogP contribution is -2.18. The highest BCUT2D eigenvalue weighted by atomic mass is 16.1. The standard InChI is InChI=1S/C17H19N7O/c1-23-11-19-22-16(23)12-2-4-13(5-3-12)20-17(25)14-10-24-9-8-18-7-6-15(24)21-14/h2-5,10-11,18H,6-9H2,1H3,(H,20,25). The molecule has 0 radical (unpaired) electrons. The molecule has 3 heterocycles. The van der Waals surface area contributed by atoms with Crippen LogP contribution in [0.1, 0.15) is 16.3 Å². The molecule has 0 spiro atoms. The third kappa shape index (κ3) is 3.16. The molecule has 4 rings (SSSR count). The van der Waals surface area contributed by atoms with Gasteiger partial charge in [0.15, 0.2) is 5.82 Å². The van der Waals surface area contributed by atoms with Crippen molar-refractivity contribution in [2.75, 3.05) is 18.4 Å². The molecule has 2 aromatic heterocycles. The number of nitrogens with zero attached hydrogens (tertiary/aromatic N) is 5. The first-order valence-corrected chi connectivity index (χ1v) is 8.23. The number of hydrogen-bond acceptors (Lipinski definition) is 5. The van der Waals surface area contributed by atoms with Crippen LogP contribution >= 0.6 is 0 Å². The number of aromatic nitrogens is 5. The molecule has 1 amide bonds. The van der Waals surface area contributed by atoms with E-state index in [1.54, 1.807) is 6.33 Å². The van der Waals surface area contributed by atoms with Crippen molar-refractivity contribution in [2.24, 2.45) is 7.05 Å². The van der Waals surface area contributed by atoms with Gasteiger partial charge < -0.3 is 19.8 Å². The van der Waals surface area contributed by atoms with Crippen molar-refractivity contribution in [3.8, 4) is 11.4 Å². The Morgan fingerprint density at radius 3 is 2.84 bits per heavy atom. The number of aryl methyl sites for hydroxylation is 1. The number of carbonyl (C=O) groups excluding carboxylic acids is 1. The third-order valence-electron chi connectivity index (χ3n) is 4.26. The number of hydrogen-bond donors (Lipinski definition) is 2. The highest BCUT2D eigenvalue weighted by Crippen LogP contribution is 2.19. The zero-order chi connectivity index (χ0) is 17.2. The van der Waals surface area contributed by atoms with Gasteiger partial charge in [0.25, 0.3) is 5.91 Å². The Kier molecular flexibility index (Phi) is 4.02. The van der Waals surface area contributed by atoms with Crippen LogP contribution in [-0.4, -0.2) is 43.3 Å². The maximum atomic E-state index is 12.5. The normalized spacial score (nSPS) is 14.0. The smallest absolute Gasteiger partial charge is 0.275 e. The van der Waals surface area contributed by atoms with Gasteiger partial charge in [-0.3, -0.25) is 4.79 Å². The van der Waals surface area contributed by atoms with Gasteiger partial charge in [-0.15, -0.1) is 10.2 Å². The second-order valence-corrected chi connectivity index (χ2v) is 6.03. The van der Waals surface area contributed by atoms with Gasteiger partial charge in [-0.1, -0.05) is 0 Å². The zero-order valence-corrected chi connectivity index (χ0v) is 13.9. The molecule has 0 atom stereocenters. The number of amides is 1. The lowest BCUT2D eigenvalue weighted by molar-refractivity contribution is 0.102. The molecule has 8 nitrogen and oxygen atoms in total. The number of imidazole rings is 1. The van der Waals surface area contributed by atoms with Crippen LogP contribution in [-0.2, 0) is 20.0 Å². The van der Waals surface area contributed by atoms with E-state index >= 15 is 0 Å². The molecule has 0 fully saturated rings. The number of rotatable bonds is 3. The summed E-state index contributed by atoms with van der Waals surface area (Å²) in [6.07, 6.45) is 4.31. The predicted molar refractivity (Wildman–Crippen MR) is 93.2 cm³/mol. The van der Waals surface area contributed by atoms with Crippen molar-refractivity contribution >= 4 is 11.6 Å². The molecule has 0 aliphatic carbocycles. The summed E-state index contributed by atoms with van der Waals surface area (Å²) in [5.41, 5.74) is 2.12. The lowest BCUT2D eigenvalue weighted by atomic mass is 10.2. The molecule has 0 bridgehead atoms. The van der Waals surface area contributed by atoms with Crippen molar-refractivity contribution in [3.05, 3.63) is 48.3 Å². The molecule has 1 aliphatic heterocycles. The first-order chi connectivity index (χ1) is 12.2.